The molecule has 3 N–H and O–H groups in total. The van der Waals surface area contributed by atoms with Gasteiger partial charge in [-0.15, -0.1) is 0 Å². The summed E-state index contributed by atoms with van der Waals surface area (Å²) in [5.74, 6) is -0.955. The molecule has 0 saturated heterocycles. The summed E-state index contributed by atoms with van der Waals surface area (Å²) in [5, 5.41) is 5.62. The van der Waals surface area contributed by atoms with Crippen LogP contribution in [0.3, 0.4) is 0 Å². The third-order valence-corrected chi connectivity index (χ3v) is 5.78. The lowest BCUT2D eigenvalue weighted by Crippen LogP contribution is -2.33. The van der Waals surface area contributed by atoms with E-state index in [1.54, 1.807) is 25.1 Å². The molecule has 0 fully saturated rings. The van der Waals surface area contributed by atoms with E-state index in [-0.39, 0.29) is 22.8 Å². The Hall–Kier alpha value is -2.62. The first kappa shape index (κ1) is 21.7. The molecule has 2 amide bonds. The molecule has 8 nitrogen and oxygen atoms in total. The van der Waals surface area contributed by atoms with Crippen LogP contribution in [0.25, 0.3) is 0 Å². The summed E-state index contributed by atoms with van der Waals surface area (Å²) in [6.45, 7) is 1.46. The molecule has 0 radical (unpaired) electrons. The van der Waals surface area contributed by atoms with E-state index in [1.807, 2.05) is 0 Å². The summed E-state index contributed by atoms with van der Waals surface area (Å²) in [6.07, 6.45) is 0. The Morgan fingerprint density at radius 2 is 1.89 bits per heavy atom. The number of carbonyl (C=O) groups is 2. The van der Waals surface area contributed by atoms with Gasteiger partial charge in [0, 0.05) is 16.3 Å². The summed E-state index contributed by atoms with van der Waals surface area (Å²) in [5.41, 5.74) is 1.32. The standard InChI is InChI=1S/C18H20ClN3O5S/c1-11-13(19)5-4-6-14(11)22-17(23)10-21-18(24)12-7-8-15(27-3)16(9-12)28(25,26)20-2/h4-9,20H,10H2,1-3H3,(H,21,24)(H,22,23). The number of ether oxygens (including phenoxy) is 1. The summed E-state index contributed by atoms with van der Waals surface area (Å²) < 4.78 is 31.4. The topological polar surface area (TPSA) is 114 Å². The van der Waals surface area contributed by atoms with Gasteiger partial charge in [-0.1, -0.05) is 17.7 Å². The minimum absolute atomic E-state index is 0.0707. The van der Waals surface area contributed by atoms with Crippen LogP contribution in [-0.2, 0) is 14.8 Å². The number of rotatable bonds is 7. The van der Waals surface area contributed by atoms with Gasteiger partial charge in [0.15, 0.2) is 0 Å². The monoisotopic (exact) mass is 425 g/mol. The Morgan fingerprint density at radius 1 is 1.18 bits per heavy atom. The first-order valence-electron chi connectivity index (χ1n) is 8.14. The van der Waals surface area contributed by atoms with E-state index >= 15 is 0 Å². The van der Waals surface area contributed by atoms with Gasteiger partial charge in [-0.05, 0) is 49.9 Å². The van der Waals surface area contributed by atoms with Crippen LogP contribution in [0.15, 0.2) is 41.3 Å². The highest BCUT2D eigenvalue weighted by Crippen LogP contribution is 2.25. The summed E-state index contributed by atoms with van der Waals surface area (Å²) in [7, 11) is -1.25. The van der Waals surface area contributed by atoms with Crippen molar-refractivity contribution in [2.45, 2.75) is 11.8 Å². The van der Waals surface area contributed by atoms with Crippen LogP contribution >= 0.6 is 11.6 Å². The van der Waals surface area contributed by atoms with Crippen LogP contribution in [0.2, 0.25) is 5.02 Å². The minimum atomic E-state index is -3.82. The first-order chi connectivity index (χ1) is 13.2. The van der Waals surface area contributed by atoms with Crippen LogP contribution in [-0.4, -0.2) is 40.9 Å². The molecule has 10 heteroatoms. The summed E-state index contributed by atoms with van der Waals surface area (Å²) in [6, 6.07) is 9.05. The van der Waals surface area contributed by atoms with Gasteiger partial charge < -0.3 is 15.4 Å². The van der Waals surface area contributed by atoms with Crippen molar-refractivity contribution in [3.8, 4) is 5.75 Å². The lowest BCUT2D eigenvalue weighted by atomic mass is 10.2. The lowest BCUT2D eigenvalue weighted by Gasteiger charge is -2.12. The van der Waals surface area contributed by atoms with Crippen LogP contribution in [0.5, 0.6) is 5.75 Å². The number of carbonyl (C=O) groups excluding carboxylic acids is 2. The maximum atomic E-state index is 12.3. The molecule has 0 aliphatic heterocycles. The van der Waals surface area contributed by atoms with Crippen molar-refractivity contribution in [2.24, 2.45) is 0 Å². The van der Waals surface area contributed by atoms with E-state index in [0.717, 1.165) is 0 Å². The molecule has 28 heavy (non-hydrogen) atoms. The van der Waals surface area contributed by atoms with E-state index in [4.69, 9.17) is 16.3 Å². The van der Waals surface area contributed by atoms with Gasteiger partial charge >= 0.3 is 0 Å². The molecule has 2 aromatic carbocycles. The van der Waals surface area contributed by atoms with Gasteiger partial charge in [0.05, 0.1) is 13.7 Å². The number of methoxy groups -OCH3 is 1. The average Bonchev–Trinajstić information content (AvgIpc) is 2.69. The number of anilines is 1. The molecule has 0 aliphatic rings. The molecular weight excluding hydrogens is 406 g/mol. The number of sulfonamides is 1. The minimum Gasteiger partial charge on any atom is -0.495 e. The molecule has 0 spiro atoms. The maximum absolute atomic E-state index is 12.3. The zero-order valence-electron chi connectivity index (χ0n) is 15.5. The van der Waals surface area contributed by atoms with Crippen molar-refractivity contribution in [3.05, 3.63) is 52.5 Å². The second kappa shape index (κ2) is 9.05. The van der Waals surface area contributed by atoms with E-state index in [0.29, 0.717) is 16.3 Å². The van der Waals surface area contributed by atoms with Crippen LogP contribution in [0.4, 0.5) is 5.69 Å². The SMILES string of the molecule is CNS(=O)(=O)c1cc(C(=O)NCC(=O)Nc2cccc(Cl)c2C)ccc1OC. The van der Waals surface area contributed by atoms with Gasteiger partial charge in [-0.3, -0.25) is 9.59 Å². The van der Waals surface area contributed by atoms with Crippen molar-refractivity contribution in [1.82, 2.24) is 10.0 Å². The number of halogens is 1. The largest absolute Gasteiger partial charge is 0.495 e. The maximum Gasteiger partial charge on any atom is 0.251 e. The average molecular weight is 426 g/mol. The van der Waals surface area contributed by atoms with E-state index in [2.05, 4.69) is 15.4 Å². The predicted octanol–water partition coefficient (Wildman–Crippen LogP) is 1.93. The van der Waals surface area contributed by atoms with Gasteiger partial charge in [0.2, 0.25) is 15.9 Å². The number of benzene rings is 2. The highest BCUT2D eigenvalue weighted by Gasteiger charge is 2.20. The Bertz CT molecular complexity index is 1010. The molecule has 150 valence electrons. The molecule has 0 saturated carbocycles. The quantitative estimate of drug-likeness (QED) is 0.627. The van der Waals surface area contributed by atoms with Gasteiger partial charge in [0.1, 0.15) is 10.6 Å². The zero-order chi connectivity index (χ0) is 20.9. The smallest absolute Gasteiger partial charge is 0.251 e. The fourth-order valence-electron chi connectivity index (χ4n) is 2.34. The van der Waals surface area contributed by atoms with Crippen molar-refractivity contribution in [2.75, 3.05) is 26.0 Å². The van der Waals surface area contributed by atoms with Crippen LogP contribution < -0.4 is 20.1 Å². The molecule has 2 rings (SSSR count). The van der Waals surface area contributed by atoms with Crippen molar-refractivity contribution in [3.63, 3.8) is 0 Å². The number of hydrogen-bond acceptors (Lipinski definition) is 5. The highest BCUT2D eigenvalue weighted by atomic mass is 35.5. The molecule has 0 unspecified atom stereocenters. The van der Waals surface area contributed by atoms with Crippen LogP contribution in [0, 0.1) is 6.92 Å². The van der Waals surface area contributed by atoms with E-state index < -0.39 is 21.8 Å². The number of amides is 2. The molecule has 0 aliphatic carbocycles. The second-order valence-corrected chi connectivity index (χ2v) is 7.98. The van der Waals surface area contributed by atoms with Gasteiger partial charge in [-0.2, -0.15) is 0 Å². The molecule has 0 aromatic heterocycles. The first-order valence-corrected chi connectivity index (χ1v) is 10.0. The van der Waals surface area contributed by atoms with E-state index in [9.17, 15) is 18.0 Å². The molecular formula is C18H20ClN3O5S. The number of hydrogen-bond donors (Lipinski definition) is 3. The molecule has 0 atom stereocenters. The van der Waals surface area contributed by atoms with Gasteiger partial charge in [-0.25, -0.2) is 13.1 Å². The molecule has 0 bridgehead atoms. The second-order valence-electron chi connectivity index (χ2n) is 5.72. The normalized spacial score (nSPS) is 11.0. The zero-order valence-corrected chi connectivity index (χ0v) is 17.1. The van der Waals surface area contributed by atoms with Crippen LogP contribution in [0.1, 0.15) is 15.9 Å². The summed E-state index contributed by atoms with van der Waals surface area (Å²) >= 11 is 6.01. The third-order valence-electron chi connectivity index (χ3n) is 3.94. The number of nitrogens with one attached hydrogen (secondary N) is 3. The van der Waals surface area contributed by atoms with Gasteiger partial charge in [0.25, 0.3) is 5.91 Å². The fourth-order valence-corrected chi connectivity index (χ4v) is 3.43. The third kappa shape index (κ3) is 5.00. The van der Waals surface area contributed by atoms with Crippen molar-refractivity contribution in [1.29, 1.82) is 0 Å². The Kier molecular flexibility index (Phi) is 7.00. The van der Waals surface area contributed by atoms with Crippen molar-refractivity contribution >= 4 is 39.1 Å². The Balaban J connectivity index is 2.10. The lowest BCUT2D eigenvalue weighted by molar-refractivity contribution is -0.115. The fraction of sp³-hybridized carbons (Fsp3) is 0.222. The van der Waals surface area contributed by atoms with Crippen molar-refractivity contribution < 1.29 is 22.7 Å². The molecule has 2 aromatic rings. The highest BCUT2D eigenvalue weighted by molar-refractivity contribution is 7.89. The van der Waals surface area contributed by atoms with E-state index in [1.165, 1.54) is 32.4 Å². The molecule has 0 heterocycles. The Labute approximate surface area is 168 Å². The summed E-state index contributed by atoms with van der Waals surface area (Å²) in [4.78, 5) is 24.2. The Morgan fingerprint density at radius 3 is 2.54 bits per heavy atom. The predicted molar refractivity (Wildman–Crippen MR) is 106 cm³/mol.